The highest BCUT2D eigenvalue weighted by molar-refractivity contribution is 7.89. The lowest BCUT2D eigenvalue weighted by Gasteiger charge is -2.38. The Balaban J connectivity index is 2.12. The van der Waals surface area contributed by atoms with Crippen LogP contribution in [-0.2, 0) is 10.0 Å². The van der Waals surface area contributed by atoms with Crippen molar-refractivity contribution >= 4 is 10.0 Å². The summed E-state index contributed by atoms with van der Waals surface area (Å²) in [5, 5.41) is -0.124. The summed E-state index contributed by atoms with van der Waals surface area (Å²) in [4.78, 5) is 0. The zero-order valence-corrected chi connectivity index (χ0v) is 11.5. The smallest absolute Gasteiger partial charge is 0.217 e. The quantitative estimate of drug-likeness (QED) is 0.832. The largest absolute Gasteiger partial charge is 0.330 e. The van der Waals surface area contributed by atoms with Crippen molar-refractivity contribution in [2.75, 3.05) is 13.1 Å². The van der Waals surface area contributed by atoms with Gasteiger partial charge in [-0.2, -0.15) is 4.31 Å². The van der Waals surface area contributed by atoms with Gasteiger partial charge in [-0.25, -0.2) is 8.42 Å². The van der Waals surface area contributed by atoms with E-state index in [-0.39, 0.29) is 11.3 Å². The van der Waals surface area contributed by atoms with Gasteiger partial charge in [-0.15, -0.1) is 0 Å². The minimum atomic E-state index is -3.08. The Morgan fingerprint density at radius 3 is 2.41 bits per heavy atom. The molecule has 1 saturated carbocycles. The molecule has 2 rings (SSSR count). The van der Waals surface area contributed by atoms with Gasteiger partial charge in [0, 0.05) is 12.6 Å². The third kappa shape index (κ3) is 2.66. The molecule has 17 heavy (non-hydrogen) atoms. The number of hydrogen-bond donors (Lipinski definition) is 1. The lowest BCUT2D eigenvalue weighted by Crippen LogP contribution is -2.49. The first-order valence-electron chi connectivity index (χ1n) is 6.76. The third-order valence-corrected chi connectivity index (χ3v) is 6.78. The van der Waals surface area contributed by atoms with E-state index < -0.39 is 10.0 Å². The Bertz CT molecular complexity index is 350. The number of piperidine rings is 1. The van der Waals surface area contributed by atoms with Gasteiger partial charge in [0.15, 0.2) is 0 Å². The van der Waals surface area contributed by atoms with Crippen LogP contribution in [0.25, 0.3) is 0 Å². The van der Waals surface area contributed by atoms with E-state index >= 15 is 0 Å². The highest BCUT2D eigenvalue weighted by atomic mass is 32.2. The molecule has 0 radical (unpaired) electrons. The first-order chi connectivity index (χ1) is 8.05. The van der Waals surface area contributed by atoms with Crippen LogP contribution in [0.15, 0.2) is 0 Å². The highest BCUT2D eigenvalue weighted by Gasteiger charge is 2.39. The lowest BCUT2D eigenvalue weighted by atomic mass is 9.96. The average molecular weight is 260 g/mol. The minimum Gasteiger partial charge on any atom is -0.330 e. The van der Waals surface area contributed by atoms with Gasteiger partial charge in [0.2, 0.25) is 10.0 Å². The summed E-state index contributed by atoms with van der Waals surface area (Å²) in [7, 11) is -3.08. The molecule has 1 saturated heterocycles. The van der Waals surface area contributed by atoms with Crippen LogP contribution in [0, 0.1) is 5.92 Å². The molecule has 0 spiro atoms. The molecule has 2 aliphatic rings. The van der Waals surface area contributed by atoms with E-state index in [9.17, 15) is 8.42 Å². The summed E-state index contributed by atoms with van der Waals surface area (Å²) >= 11 is 0. The number of rotatable bonds is 3. The fraction of sp³-hybridized carbons (Fsp3) is 1.00. The molecule has 0 amide bonds. The van der Waals surface area contributed by atoms with Crippen LogP contribution in [-0.4, -0.2) is 37.1 Å². The van der Waals surface area contributed by atoms with E-state index in [1.54, 1.807) is 4.31 Å². The summed E-state index contributed by atoms with van der Waals surface area (Å²) in [5.41, 5.74) is 5.69. The predicted octanol–water partition coefficient (Wildman–Crippen LogP) is 1.32. The van der Waals surface area contributed by atoms with Crippen LogP contribution < -0.4 is 5.73 Å². The molecule has 0 aromatic rings. The first-order valence-corrected chi connectivity index (χ1v) is 8.26. The van der Waals surface area contributed by atoms with Crippen molar-refractivity contribution in [3.8, 4) is 0 Å². The third-order valence-electron chi connectivity index (χ3n) is 4.31. The number of nitrogens with two attached hydrogens (primary N) is 1. The molecule has 0 aromatic heterocycles. The monoisotopic (exact) mass is 260 g/mol. The van der Waals surface area contributed by atoms with Gasteiger partial charge in [-0.1, -0.05) is 12.8 Å². The predicted molar refractivity (Wildman–Crippen MR) is 69.1 cm³/mol. The second-order valence-corrected chi connectivity index (χ2v) is 7.71. The van der Waals surface area contributed by atoms with Crippen molar-refractivity contribution < 1.29 is 8.42 Å². The standard InChI is InChI=1S/C12H24N2O2S/c1-10-6-7-11(8-13)9-14(10)17(15,16)12-4-2-3-5-12/h10-12H,2-9,13H2,1H3. The zero-order valence-electron chi connectivity index (χ0n) is 10.6. The molecule has 1 heterocycles. The van der Waals surface area contributed by atoms with E-state index in [0.717, 1.165) is 38.5 Å². The molecule has 2 N–H and O–H groups in total. The van der Waals surface area contributed by atoms with Crippen LogP contribution in [0.1, 0.15) is 45.4 Å². The second-order valence-electron chi connectivity index (χ2n) is 5.55. The molecule has 100 valence electrons. The van der Waals surface area contributed by atoms with Gasteiger partial charge in [-0.3, -0.25) is 0 Å². The molecule has 0 bridgehead atoms. The fourth-order valence-corrected chi connectivity index (χ4v) is 5.41. The van der Waals surface area contributed by atoms with Crippen LogP contribution in [0.5, 0.6) is 0 Å². The van der Waals surface area contributed by atoms with E-state index in [1.165, 1.54) is 0 Å². The molecule has 1 aliphatic heterocycles. The van der Waals surface area contributed by atoms with Crippen LogP contribution in [0.3, 0.4) is 0 Å². The Kier molecular flexibility index (Phi) is 4.10. The number of nitrogens with zero attached hydrogens (tertiary/aromatic N) is 1. The van der Waals surface area contributed by atoms with Crippen molar-refractivity contribution in [3.05, 3.63) is 0 Å². The SMILES string of the molecule is CC1CCC(CN)CN1S(=O)(=O)C1CCCC1. The molecule has 5 heteroatoms. The topological polar surface area (TPSA) is 63.4 Å². The van der Waals surface area contributed by atoms with Crippen LogP contribution in [0.2, 0.25) is 0 Å². The van der Waals surface area contributed by atoms with Crippen molar-refractivity contribution in [3.63, 3.8) is 0 Å². The van der Waals surface area contributed by atoms with Gasteiger partial charge < -0.3 is 5.73 Å². The Morgan fingerprint density at radius 1 is 1.18 bits per heavy atom. The molecule has 4 nitrogen and oxygen atoms in total. The maximum Gasteiger partial charge on any atom is 0.217 e. The average Bonchev–Trinajstić information content (AvgIpc) is 2.83. The van der Waals surface area contributed by atoms with Gasteiger partial charge in [0.1, 0.15) is 0 Å². The highest BCUT2D eigenvalue weighted by Crippen LogP contribution is 2.32. The Hall–Kier alpha value is -0.130. The molecule has 2 fully saturated rings. The van der Waals surface area contributed by atoms with Crippen molar-refractivity contribution in [2.24, 2.45) is 11.7 Å². The maximum absolute atomic E-state index is 12.5. The zero-order chi connectivity index (χ0) is 12.5. The van der Waals surface area contributed by atoms with E-state index in [0.29, 0.717) is 19.0 Å². The number of hydrogen-bond acceptors (Lipinski definition) is 3. The van der Waals surface area contributed by atoms with Crippen molar-refractivity contribution in [2.45, 2.75) is 56.7 Å². The summed E-state index contributed by atoms with van der Waals surface area (Å²) in [5.74, 6) is 0.349. The summed E-state index contributed by atoms with van der Waals surface area (Å²) in [6.45, 7) is 3.26. The van der Waals surface area contributed by atoms with E-state index in [2.05, 4.69) is 0 Å². The molecule has 2 unspecified atom stereocenters. The van der Waals surface area contributed by atoms with Gasteiger partial charge >= 0.3 is 0 Å². The molecule has 1 aliphatic carbocycles. The first kappa shape index (κ1) is 13.3. The molecule has 2 atom stereocenters. The van der Waals surface area contributed by atoms with Crippen molar-refractivity contribution in [1.82, 2.24) is 4.31 Å². The lowest BCUT2D eigenvalue weighted by molar-refractivity contribution is 0.209. The van der Waals surface area contributed by atoms with E-state index in [4.69, 9.17) is 5.73 Å². The molecule has 0 aromatic carbocycles. The van der Waals surface area contributed by atoms with Gasteiger partial charge in [0.25, 0.3) is 0 Å². The Labute approximate surface area is 105 Å². The number of sulfonamides is 1. The summed E-state index contributed by atoms with van der Waals surface area (Å²) < 4.78 is 26.8. The molecular weight excluding hydrogens is 236 g/mol. The van der Waals surface area contributed by atoms with Crippen molar-refractivity contribution in [1.29, 1.82) is 0 Å². The molecular formula is C12H24N2O2S. The van der Waals surface area contributed by atoms with Gasteiger partial charge in [-0.05, 0) is 45.1 Å². The Morgan fingerprint density at radius 2 is 1.82 bits per heavy atom. The van der Waals surface area contributed by atoms with E-state index in [1.807, 2.05) is 6.92 Å². The van der Waals surface area contributed by atoms with Crippen LogP contribution >= 0.6 is 0 Å². The maximum atomic E-state index is 12.5. The van der Waals surface area contributed by atoms with Crippen LogP contribution in [0.4, 0.5) is 0 Å². The fourth-order valence-electron chi connectivity index (χ4n) is 3.07. The minimum absolute atomic E-state index is 0.124. The van der Waals surface area contributed by atoms with Gasteiger partial charge in [0.05, 0.1) is 5.25 Å². The second kappa shape index (κ2) is 5.24. The summed E-state index contributed by atoms with van der Waals surface area (Å²) in [6, 6.07) is 0.156. The summed E-state index contributed by atoms with van der Waals surface area (Å²) in [6.07, 6.45) is 5.83. The normalized spacial score (nSPS) is 33.1.